The van der Waals surface area contributed by atoms with E-state index in [4.69, 9.17) is 5.21 Å². The number of oxime groups is 1. The second-order valence-corrected chi connectivity index (χ2v) is 10.4. The summed E-state index contributed by atoms with van der Waals surface area (Å²) >= 11 is 0. The zero-order valence-corrected chi connectivity index (χ0v) is 19.2. The molecular formula is C28H33NO4. The van der Waals surface area contributed by atoms with E-state index in [1.165, 1.54) is 28.5 Å². The monoisotopic (exact) mass is 447 g/mol. The van der Waals surface area contributed by atoms with Crippen LogP contribution in [0.4, 0.5) is 0 Å². The van der Waals surface area contributed by atoms with Crippen molar-refractivity contribution < 1.29 is 20.2 Å². The molecule has 1 unspecified atom stereocenters. The second-order valence-electron chi connectivity index (χ2n) is 10.4. The van der Waals surface area contributed by atoms with Gasteiger partial charge in [-0.25, -0.2) is 0 Å². The van der Waals surface area contributed by atoms with Gasteiger partial charge in [0, 0.05) is 11.8 Å². The van der Waals surface area contributed by atoms with Crippen molar-refractivity contribution in [2.45, 2.75) is 57.5 Å². The summed E-state index contributed by atoms with van der Waals surface area (Å²) in [4.78, 5) is 12.7. The molecule has 0 amide bonds. The van der Waals surface area contributed by atoms with Crippen molar-refractivity contribution in [2.75, 3.05) is 6.61 Å². The van der Waals surface area contributed by atoms with E-state index in [-0.39, 0.29) is 35.7 Å². The maximum Gasteiger partial charge on any atom is 0.163 e. The maximum absolute atomic E-state index is 12.7. The first-order valence-electron chi connectivity index (χ1n) is 12.2. The Morgan fingerprint density at radius 1 is 1.18 bits per heavy atom. The molecule has 4 aliphatic rings. The van der Waals surface area contributed by atoms with Gasteiger partial charge in [-0.15, -0.1) is 0 Å². The molecule has 0 heterocycles. The summed E-state index contributed by atoms with van der Waals surface area (Å²) in [5, 5.41) is 32.3. The molecule has 0 bridgehead atoms. The number of rotatable bonds is 4. The predicted octanol–water partition coefficient (Wildman–Crippen LogP) is 4.53. The first-order chi connectivity index (χ1) is 16.0. The van der Waals surface area contributed by atoms with Crippen molar-refractivity contribution in [1.29, 1.82) is 0 Å². The van der Waals surface area contributed by atoms with Gasteiger partial charge >= 0.3 is 0 Å². The van der Waals surface area contributed by atoms with Crippen molar-refractivity contribution in [1.82, 2.24) is 0 Å². The maximum atomic E-state index is 12.7. The third-order valence-electron chi connectivity index (χ3n) is 8.85. The Morgan fingerprint density at radius 3 is 2.70 bits per heavy atom. The van der Waals surface area contributed by atoms with Gasteiger partial charge in [-0.2, -0.15) is 0 Å². The normalized spacial score (nSPS) is 36.2. The van der Waals surface area contributed by atoms with Crippen LogP contribution < -0.4 is 0 Å². The van der Waals surface area contributed by atoms with Crippen molar-refractivity contribution in [3.63, 3.8) is 0 Å². The minimum Gasteiger partial charge on any atom is -0.411 e. The number of fused-ring (bicyclic) bond motifs is 4. The molecule has 2 fully saturated rings. The average Bonchev–Trinajstić information content (AvgIpc) is 3.12. The lowest BCUT2D eigenvalue weighted by Gasteiger charge is -2.52. The molecule has 3 N–H and O–H groups in total. The summed E-state index contributed by atoms with van der Waals surface area (Å²) in [6.07, 6.45) is 12.0. The Balaban J connectivity index is 1.63. The molecule has 2 saturated carbocycles. The summed E-state index contributed by atoms with van der Waals surface area (Å²) in [7, 11) is 0. The van der Waals surface area contributed by atoms with Gasteiger partial charge in [-0.05, 0) is 84.1 Å². The van der Waals surface area contributed by atoms with E-state index in [2.05, 4.69) is 24.2 Å². The highest BCUT2D eigenvalue weighted by Gasteiger charge is 2.56. The van der Waals surface area contributed by atoms with E-state index >= 15 is 0 Å². The first-order valence-corrected chi connectivity index (χ1v) is 12.2. The standard InChI is InChI=1S/C28H33NO4/c1-28-15-23(18-6-4-17(5-7-18)16-29-33)27-21(24(28)10-11-26(28)32)9-8-19-14-25(31)20(3-2-12-30)13-22(19)27/h2-7,14,16,20-21,23-24,26,30,32-33H,8-13,15H2,1H3/b3-2?,29-16-/t20?,21-,23+,24-,26+,28-/m0/s1. The van der Waals surface area contributed by atoms with Crippen LogP contribution in [0.25, 0.3) is 0 Å². The number of nitrogens with zero attached hydrogens (tertiary/aromatic N) is 1. The number of aliphatic hydroxyl groups is 2. The van der Waals surface area contributed by atoms with Crippen LogP contribution in [0, 0.1) is 23.2 Å². The van der Waals surface area contributed by atoms with Crippen LogP contribution >= 0.6 is 0 Å². The lowest BCUT2D eigenvalue weighted by Crippen LogP contribution is -2.45. The van der Waals surface area contributed by atoms with Gasteiger partial charge < -0.3 is 15.4 Å². The Kier molecular flexibility index (Phi) is 5.87. The molecule has 0 aliphatic heterocycles. The molecule has 1 aromatic carbocycles. The van der Waals surface area contributed by atoms with E-state index in [1.807, 2.05) is 24.3 Å². The van der Waals surface area contributed by atoms with Crippen molar-refractivity contribution in [3.8, 4) is 0 Å². The SMILES string of the molecule is C[C@]12C[C@H](c3ccc(/C=N\O)cc3)C3=C4CC(C=CCO)C(=O)C=C4CC[C@H]3[C@@H]1CC[C@H]2O. The van der Waals surface area contributed by atoms with Crippen molar-refractivity contribution >= 4 is 12.0 Å². The molecule has 0 saturated heterocycles. The largest absolute Gasteiger partial charge is 0.411 e. The van der Waals surface area contributed by atoms with Crippen LogP contribution in [0.1, 0.15) is 62.5 Å². The number of allylic oxidation sites excluding steroid dienone is 5. The highest BCUT2D eigenvalue weighted by Crippen LogP contribution is 2.63. The summed E-state index contributed by atoms with van der Waals surface area (Å²) in [5.74, 6) is 1.01. The van der Waals surface area contributed by atoms with Gasteiger partial charge in [0.25, 0.3) is 0 Å². The molecule has 5 heteroatoms. The third kappa shape index (κ3) is 3.71. The zero-order chi connectivity index (χ0) is 23.2. The highest BCUT2D eigenvalue weighted by atomic mass is 16.4. The topological polar surface area (TPSA) is 90.1 Å². The molecule has 1 aromatic rings. The predicted molar refractivity (Wildman–Crippen MR) is 127 cm³/mol. The number of carbonyl (C=O) groups excluding carboxylic acids is 1. The minimum atomic E-state index is -0.276. The number of ketones is 1. The molecular weight excluding hydrogens is 414 g/mol. The van der Waals surface area contributed by atoms with Crippen LogP contribution in [0.3, 0.4) is 0 Å². The summed E-state index contributed by atoms with van der Waals surface area (Å²) < 4.78 is 0. The van der Waals surface area contributed by atoms with Crippen LogP contribution in [-0.2, 0) is 4.79 Å². The molecule has 5 nitrogen and oxygen atoms in total. The first kappa shape index (κ1) is 22.3. The van der Waals surface area contributed by atoms with Crippen LogP contribution in [-0.4, -0.2) is 40.1 Å². The van der Waals surface area contributed by atoms with Gasteiger partial charge in [0.05, 0.1) is 18.9 Å². The van der Waals surface area contributed by atoms with Crippen LogP contribution in [0.5, 0.6) is 0 Å². The quantitative estimate of drug-likeness (QED) is 0.274. The molecule has 33 heavy (non-hydrogen) atoms. The Morgan fingerprint density at radius 2 is 1.97 bits per heavy atom. The fourth-order valence-corrected chi connectivity index (χ4v) is 7.23. The van der Waals surface area contributed by atoms with Gasteiger partial charge in [0.15, 0.2) is 5.78 Å². The number of hydrogen-bond donors (Lipinski definition) is 3. The molecule has 0 spiro atoms. The number of hydrogen-bond acceptors (Lipinski definition) is 5. The molecule has 6 atom stereocenters. The summed E-state index contributed by atoms with van der Waals surface area (Å²) in [6, 6.07) is 8.19. The third-order valence-corrected chi connectivity index (χ3v) is 8.85. The fraction of sp³-hybridized carbons (Fsp3) is 0.500. The van der Waals surface area contributed by atoms with Crippen molar-refractivity contribution in [3.05, 3.63) is 70.3 Å². The van der Waals surface area contributed by atoms with Gasteiger partial charge in [0.2, 0.25) is 0 Å². The van der Waals surface area contributed by atoms with E-state index in [0.29, 0.717) is 18.3 Å². The minimum absolute atomic E-state index is 0.0562. The summed E-state index contributed by atoms with van der Waals surface area (Å²) in [6.45, 7) is 2.22. The molecule has 5 rings (SSSR count). The number of carbonyl (C=O) groups is 1. The van der Waals surface area contributed by atoms with Crippen LogP contribution in [0.15, 0.2) is 64.4 Å². The van der Waals surface area contributed by atoms with Crippen molar-refractivity contribution in [2.24, 2.45) is 28.3 Å². The zero-order valence-electron chi connectivity index (χ0n) is 19.2. The molecule has 0 radical (unpaired) electrons. The van der Waals surface area contributed by atoms with E-state index in [1.54, 1.807) is 6.08 Å². The number of benzene rings is 1. The van der Waals surface area contributed by atoms with E-state index in [0.717, 1.165) is 37.7 Å². The van der Waals surface area contributed by atoms with E-state index in [9.17, 15) is 15.0 Å². The lowest BCUT2D eigenvalue weighted by molar-refractivity contribution is -0.117. The van der Waals surface area contributed by atoms with Gasteiger partial charge in [0.1, 0.15) is 0 Å². The average molecular weight is 448 g/mol. The van der Waals surface area contributed by atoms with Crippen LogP contribution in [0.2, 0.25) is 0 Å². The van der Waals surface area contributed by atoms with Gasteiger partial charge in [-0.3, -0.25) is 4.79 Å². The Hall–Kier alpha value is -2.50. The molecule has 174 valence electrons. The van der Waals surface area contributed by atoms with Gasteiger partial charge in [-0.1, -0.05) is 54.1 Å². The van der Waals surface area contributed by atoms with E-state index < -0.39 is 0 Å². The molecule has 0 aromatic heterocycles. The fourth-order valence-electron chi connectivity index (χ4n) is 7.23. The summed E-state index contributed by atoms with van der Waals surface area (Å²) in [5.41, 5.74) is 5.97. The Labute approximate surface area is 195 Å². The number of aliphatic hydroxyl groups excluding tert-OH is 2. The lowest BCUT2D eigenvalue weighted by atomic mass is 9.53. The second kappa shape index (κ2) is 8.69. The highest BCUT2D eigenvalue weighted by molar-refractivity contribution is 5.96. The molecule has 4 aliphatic carbocycles. The smallest absolute Gasteiger partial charge is 0.163 e. The Bertz CT molecular complexity index is 1050.